The minimum atomic E-state index is -0.253. The van der Waals surface area contributed by atoms with Crippen LogP contribution in [0.25, 0.3) is 22.6 Å². The highest BCUT2D eigenvalue weighted by Crippen LogP contribution is 2.27. The summed E-state index contributed by atoms with van der Waals surface area (Å²) in [5, 5.41) is 5.98. The molecule has 0 fully saturated rings. The molecule has 0 bridgehead atoms. The van der Waals surface area contributed by atoms with Gasteiger partial charge < -0.3 is 9.73 Å². The molecule has 0 unspecified atom stereocenters. The average molecular weight is 541 g/mol. The summed E-state index contributed by atoms with van der Waals surface area (Å²) < 4.78 is 6.98. The van der Waals surface area contributed by atoms with Crippen LogP contribution in [0.15, 0.2) is 71.1 Å². The number of nitrogens with one attached hydrogen (secondary N) is 2. The number of halogens is 1. The number of carbonyl (C=O) groups is 1. The van der Waals surface area contributed by atoms with Crippen LogP contribution in [0.1, 0.15) is 35.7 Å². The van der Waals surface area contributed by atoms with Crippen LogP contribution in [-0.2, 0) is 0 Å². The molecule has 31 heavy (non-hydrogen) atoms. The number of hydrogen-bond donors (Lipinski definition) is 2. The Labute approximate surface area is 199 Å². The van der Waals surface area contributed by atoms with Gasteiger partial charge in [-0.25, -0.2) is 4.98 Å². The standard InChI is InChI=1S/C24H20IN3O2S/c1-14(2)15-6-8-16(9-7-15)22(29)28-24(31)26-19-10-11-21-20(13-19)27-23(30-21)17-4-3-5-18(25)12-17/h3-14H,1-2H3,(H2,26,28,29,31). The summed E-state index contributed by atoms with van der Waals surface area (Å²) in [5.74, 6) is 0.722. The van der Waals surface area contributed by atoms with E-state index >= 15 is 0 Å². The first-order chi connectivity index (χ1) is 14.9. The van der Waals surface area contributed by atoms with Crippen molar-refractivity contribution in [2.75, 3.05) is 5.32 Å². The molecule has 0 spiro atoms. The lowest BCUT2D eigenvalue weighted by Crippen LogP contribution is -2.34. The van der Waals surface area contributed by atoms with Crippen molar-refractivity contribution >= 4 is 62.6 Å². The molecule has 1 heterocycles. The van der Waals surface area contributed by atoms with Crippen molar-refractivity contribution in [3.63, 3.8) is 0 Å². The molecule has 4 rings (SSSR count). The van der Waals surface area contributed by atoms with E-state index in [0.29, 0.717) is 28.5 Å². The van der Waals surface area contributed by atoms with Crippen LogP contribution >= 0.6 is 34.8 Å². The Morgan fingerprint density at radius 3 is 2.55 bits per heavy atom. The number of thiocarbonyl (C=S) groups is 1. The molecule has 7 heteroatoms. The number of anilines is 1. The number of amides is 1. The van der Waals surface area contributed by atoms with Gasteiger partial charge in [-0.3, -0.25) is 10.1 Å². The monoisotopic (exact) mass is 541 g/mol. The highest BCUT2D eigenvalue weighted by molar-refractivity contribution is 14.1. The lowest BCUT2D eigenvalue weighted by molar-refractivity contribution is 0.0977. The summed E-state index contributed by atoms with van der Waals surface area (Å²) in [7, 11) is 0. The Balaban J connectivity index is 1.45. The van der Waals surface area contributed by atoms with Gasteiger partial charge in [-0.1, -0.05) is 32.0 Å². The van der Waals surface area contributed by atoms with Crippen LogP contribution in [-0.4, -0.2) is 16.0 Å². The number of hydrogen-bond acceptors (Lipinski definition) is 4. The van der Waals surface area contributed by atoms with E-state index in [9.17, 15) is 4.79 Å². The van der Waals surface area contributed by atoms with Crippen molar-refractivity contribution in [1.82, 2.24) is 10.3 Å². The molecule has 0 aliphatic carbocycles. The number of fused-ring (bicyclic) bond motifs is 1. The maximum atomic E-state index is 12.5. The highest BCUT2D eigenvalue weighted by Gasteiger charge is 2.12. The van der Waals surface area contributed by atoms with Crippen molar-refractivity contribution in [2.24, 2.45) is 0 Å². The number of carbonyl (C=O) groups excluding carboxylic acids is 1. The lowest BCUT2D eigenvalue weighted by atomic mass is 10.0. The fraction of sp³-hybridized carbons (Fsp3) is 0.125. The maximum absolute atomic E-state index is 12.5. The fourth-order valence-corrected chi connectivity index (χ4v) is 3.86. The molecule has 0 aliphatic rings. The van der Waals surface area contributed by atoms with Crippen LogP contribution in [0.3, 0.4) is 0 Å². The first-order valence-electron chi connectivity index (χ1n) is 9.78. The molecule has 1 aromatic heterocycles. The van der Waals surface area contributed by atoms with E-state index in [-0.39, 0.29) is 11.0 Å². The van der Waals surface area contributed by atoms with Gasteiger partial charge in [-0.15, -0.1) is 0 Å². The van der Waals surface area contributed by atoms with Crippen molar-refractivity contribution in [2.45, 2.75) is 19.8 Å². The molecule has 0 saturated heterocycles. The third-order valence-electron chi connectivity index (χ3n) is 4.78. The Morgan fingerprint density at radius 2 is 1.84 bits per heavy atom. The normalized spacial score (nSPS) is 11.0. The first-order valence-corrected chi connectivity index (χ1v) is 11.3. The van der Waals surface area contributed by atoms with E-state index in [0.717, 1.165) is 14.8 Å². The van der Waals surface area contributed by atoms with Crippen LogP contribution < -0.4 is 10.6 Å². The van der Waals surface area contributed by atoms with E-state index in [1.54, 1.807) is 12.1 Å². The van der Waals surface area contributed by atoms with Gasteiger partial charge in [0.1, 0.15) is 5.52 Å². The summed E-state index contributed by atoms with van der Waals surface area (Å²) in [4.78, 5) is 17.0. The van der Waals surface area contributed by atoms with Gasteiger partial charge in [0.2, 0.25) is 5.89 Å². The van der Waals surface area contributed by atoms with Crippen molar-refractivity contribution in [1.29, 1.82) is 0 Å². The van der Waals surface area contributed by atoms with Gasteiger partial charge in [-0.2, -0.15) is 0 Å². The second-order valence-corrected chi connectivity index (χ2v) is 9.05. The number of oxazole rings is 1. The second kappa shape index (κ2) is 9.15. The average Bonchev–Trinajstić information content (AvgIpc) is 3.17. The first kappa shape index (κ1) is 21.5. The Hall–Kier alpha value is -2.78. The van der Waals surface area contributed by atoms with E-state index < -0.39 is 0 Å². The van der Waals surface area contributed by atoms with E-state index in [1.165, 1.54) is 5.56 Å². The molecular formula is C24H20IN3O2S. The zero-order valence-electron chi connectivity index (χ0n) is 17.0. The third kappa shape index (κ3) is 5.11. The van der Waals surface area contributed by atoms with Gasteiger partial charge in [-0.05, 0) is 94.8 Å². The van der Waals surface area contributed by atoms with Gasteiger partial charge >= 0.3 is 0 Å². The molecule has 3 aromatic carbocycles. The topological polar surface area (TPSA) is 67.2 Å². The number of rotatable bonds is 4. The molecule has 0 aliphatic heterocycles. The fourth-order valence-electron chi connectivity index (χ4n) is 3.11. The second-order valence-electron chi connectivity index (χ2n) is 7.40. The maximum Gasteiger partial charge on any atom is 0.257 e. The molecule has 4 aromatic rings. The number of benzene rings is 3. The summed E-state index contributed by atoms with van der Waals surface area (Å²) in [5.41, 5.74) is 4.77. The zero-order chi connectivity index (χ0) is 22.0. The van der Waals surface area contributed by atoms with Gasteiger partial charge in [0, 0.05) is 20.4 Å². The van der Waals surface area contributed by atoms with Crippen molar-refractivity contribution < 1.29 is 9.21 Å². The van der Waals surface area contributed by atoms with Crippen LogP contribution in [0.5, 0.6) is 0 Å². The minimum absolute atomic E-state index is 0.221. The van der Waals surface area contributed by atoms with Gasteiger partial charge in [0.25, 0.3) is 5.91 Å². The van der Waals surface area contributed by atoms with Gasteiger partial charge in [0.05, 0.1) is 0 Å². The Morgan fingerprint density at radius 1 is 1.06 bits per heavy atom. The summed E-state index contributed by atoms with van der Waals surface area (Å²) in [6, 6.07) is 21.0. The molecule has 5 nitrogen and oxygen atoms in total. The van der Waals surface area contributed by atoms with Crippen LogP contribution in [0.4, 0.5) is 5.69 Å². The van der Waals surface area contributed by atoms with Crippen LogP contribution in [0.2, 0.25) is 0 Å². The largest absolute Gasteiger partial charge is 0.436 e. The van der Waals surface area contributed by atoms with Gasteiger partial charge in [0.15, 0.2) is 10.7 Å². The molecule has 1 amide bonds. The summed E-state index contributed by atoms with van der Waals surface area (Å²) >= 11 is 7.57. The highest BCUT2D eigenvalue weighted by atomic mass is 127. The van der Waals surface area contributed by atoms with Crippen molar-refractivity contribution in [3.8, 4) is 11.5 Å². The molecule has 0 radical (unpaired) electrons. The van der Waals surface area contributed by atoms with E-state index in [1.807, 2.05) is 54.6 Å². The van der Waals surface area contributed by atoms with Crippen LogP contribution in [0, 0.1) is 3.57 Å². The number of aromatic nitrogens is 1. The molecule has 156 valence electrons. The lowest BCUT2D eigenvalue weighted by Gasteiger charge is -2.10. The SMILES string of the molecule is CC(C)c1ccc(C(=O)NC(=S)Nc2ccc3oc(-c4cccc(I)c4)nc3c2)cc1. The summed E-state index contributed by atoms with van der Waals surface area (Å²) in [6.45, 7) is 4.23. The third-order valence-corrected chi connectivity index (χ3v) is 5.66. The number of nitrogens with zero attached hydrogens (tertiary/aromatic N) is 1. The summed E-state index contributed by atoms with van der Waals surface area (Å²) in [6.07, 6.45) is 0. The predicted molar refractivity (Wildman–Crippen MR) is 136 cm³/mol. The van der Waals surface area contributed by atoms with E-state index in [4.69, 9.17) is 16.6 Å². The zero-order valence-corrected chi connectivity index (χ0v) is 20.0. The van der Waals surface area contributed by atoms with E-state index in [2.05, 4.69) is 52.1 Å². The quantitative estimate of drug-likeness (QED) is 0.233. The predicted octanol–water partition coefficient (Wildman–Crippen LogP) is 6.35. The smallest absolute Gasteiger partial charge is 0.257 e. The Kier molecular flexibility index (Phi) is 6.33. The molecule has 0 atom stereocenters. The molecular weight excluding hydrogens is 521 g/mol. The molecule has 0 saturated carbocycles. The van der Waals surface area contributed by atoms with Crippen molar-refractivity contribution in [3.05, 3.63) is 81.4 Å². The molecule has 2 N–H and O–H groups in total. The minimum Gasteiger partial charge on any atom is -0.436 e. The Bertz CT molecular complexity index is 1270.